The molecule has 0 radical (unpaired) electrons. The molecule has 2 N–H and O–H groups in total. The highest BCUT2D eigenvalue weighted by atomic mass is 35.5. The van der Waals surface area contributed by atoms with Gasteiger partial charge < -0.3 is 10.4 Å². The summed E-state index contributed by atoms with van der Waals surface area (Å²) < 4.78 is 0. The van der Waals surface area contributed by atoms with Gasteiger partial charge in [0, 0.05) is 6.54 Å². The van der Waals surface area contributed by atoms with Crippen LogP contribution in [0.15, 0.2) is 18.2 Å². The quantitative estimate of drug-likeness (QED) is 0.874. The van der Waals surface area contributed by atoms with Crippen LogP contribution in [0.4, 0.5) is 0 Å². The normalized spacial score (nSPS) is 9.88. The van der Waals surface area contributed by atoms with Crippen molar-refractivity contribution in [2.45, 2.75) is 6.42 Å². The Kier molecular flexibility index (Phi) is 4.58. The van der Waals surface area contributed by atoms with Crippen molar-refractivity contribution in [1.82, 2.24) is 5.32 Å². The number of hydrogen-bond acceptors (Lipinski definition) is 2. The fourth-order valence-electron chi connectivity index (χ4n) is 1.09. The van der Waals surface area contributed by atoms with Gasteiger partial charge in [0.15, 0.2) is 0 Å². The fourth-order valence-corrected chi connectivity index (χ4v) is 1.66. The lowest BCUT2D eigenvalue weighted by atomic mass is 10.2. The van der Waals surface area contributed by atoms with Crippen LogP contribution in [0, 0.1) is 0 Å². The van der Waals surface area contributed by atoms with Gasteiger partial charge in [0.1, 0.15) is 0 Å². The van der Waals surface area contributed by atoms with E-state index < -0.39 is 11.9 Å². The van der Waals surface area contributed by atoms with Crippen molar-refractivity contribution >= 4 is 35.1 Å². The van der Waals surface area contributed by atoms with Crippen LogP contribution < -0.4 is 5.32 Å². The van der Waals surface area contributed by atoms with Gasteiger partial charge in [0.05, 0.1) is 22.0 Å². The molecule has 1 amide bonds. The molecular weight excluding hydrogens is 253 g/mol. The van der Waals surface area contributed by atoms with Crippen LogP contribution in [-0.4, -0.2) is 23.5 Å². The lowest BCUT2D eigenvalue weighted by molar-refractivity contribution is -0.136. The monoisotopic (exact) mass is 261 g/mol. The van der Waals surface area contributed by atoms with Crippen LogP contribution in [0.1, 0.15) is 16.8 Å². The third-order valence-electron chi connectivity index (χ3n) is 1.81. The highest BCUT2D eigenvalue weighted by Crippen LogP contribution is 2.23. The summed E-state index contributed by atoms with van der Waals surface area (Å²) in [5.41, 5.74) is 0.163. The summed E-state index contributed by atoms with van der Waals surface area (Å²) in [5, 5.41) is 11.3. The first-order valence-electron chi connectivity index (χ1n) is 4.46. The molecule has 4 nitrogen and oxygen atoms in total. The van der Waals surface area contributed by atoms with E-state index in [0.29, 0.717) is 0 Å². The number of halogens is 2. The zero-order valence-electron chi connectivity index (χ0n) is 8.17. The van der Waals surface area contributed by atoms with Gasteiger partial charge in [-0.1, -0.05) is 29.3 Å². The molecule has 6 heteroatoms. The molecule has 0 bridgehead atoms. The van der Waals surface area contributed by atoms with Gasteiger partial charge in [-0.2, -0.15) is 0 Å². The topological polar surface area (TPSA) is 66.4 Å². The molecule has 0 heterocycles. The second-order valence-corrected chi connectivity index (χ2v) is 3.81. The second-order valence-electron chi connectivity index (χ2n) is 3.00. The largest absolute Gasteiger partial charge is 0.481 e. The Bertz CT molecular complexity index is 400. The molecule has 0 unspecified atom stereocenters. The molecule has 0 spiro atoms. The highest BCUT2D eigenvalue weighted by molar-refractivity contribution is 6.39. The number of amides is 1. The maximum absolute atomic E-state index is 11.6. The molecule has 0 aliphatic rings. The molecule has 86 valence electrons. The van der Waals surface area contributed by atoms with E-state index in [4.69, 9.17) is 28.3 Å². The second kappa shape index (κ2) is 5.72. The van der Waals surface area contributed by atoms with Gasteiger partial charge in [-0.05, 0) is 12.1 Å². The van der Waals surface area contributed by atoms with Crippen LogP contribution in [0.25, 0.3) is 0 Å². The Morgan fingerprint density at radius 1 is 1.25 bits per heavy atom. The number of benzene rings is 1. The standard InChI is InChI=1S/C10H9Cl2NO3/c11-6-2-1-3-7(12)9(6)10(16)13-5-4-8(14)15/h1-3H,4-5H2,(H,13,16)(H,14,15). The van der Waals surface area contributed by atoms with Crippen LogP contribution in [0.3, 0.4) is 0 Å². The van der Waals surface area contributed by atoms with E-state index in [1.54, 1.807) is 18.2 Å². The first-order valence-corrected chi connectivity index (χ1v) is 5.22. The summed E-state index contributed by atoms with van der Waals surface area (Å²) >= 11 is 11.6. The zero-order valence-corrected chi connectivity index (χ0v) is 9.68. The molecule has 16 heavy (non-hydrogen) atoms. The van der Waals surface area contributed by atoms with Crippen molar-refractivity contribution in [3.05, 3.63) is 33.8 Å². The fraction of sp³-hybridized carbons (Fsp3) is 0.200. The Morgan fingerprint density at radius 2 is 1.81 bits per heavy atom. The van der Waals surface area contributed by atoms with Crippen molar-refractivity contribution in [3.63, 3.8) is 0 Å². The molecular formula is C10H9Cl2NO3. The maximum atomic E-state index is 11.6. The molecule has 0 aromatic heterocycles. The van der Waals surface area contributed by atoms with Crippen LogP contribution in [0.5, 0.6) is 0 Å². The van der Waals surface area contributed by atoms with Crippen molar-refractivity contribution in [2.24, 2.45) is 0 Å². The summed E-state index contributed by atoms with van der Waals surface area (Å²) in [6.07, 6.45) is -0.145. The van der Waals surface area contributed by atoms with E-state index >= 15 is 0 Å². The highest BCUT2D eigenvalue weighted by Gasteiger charge is 2.13. The number of hydrogen-bond donors (Lipinski definition) is 2. The number of carboxylic acid groups (broad SMARTS) is 1. The first-order chi connectivity index (χ1) is 7.52. The van der Waals surface area contributed by atoms with E-state index in [2.05, 4.69) is 5.32 Å². The van der Waals surface area contributed by atoms with Gasteiger partial charge in [-0.25, -0.2) is 0 Å². The van der Waals surface area contributed by atoms with Crippen molar-refractivity contribution < 1.29 is 14.7 Å². The molecule has 1 rings (SSSR count). The Morgan fingerprint density at radius 3 is 2.31 bits per heavy atom. The van der Waals surface area contributed by atoms with Gasteiger partial charge in [-0.15, -0.1) is 0 Å². The Balaban J connectivity index is 2.70. The number of nitrogens with one attached hydrogen (secondary N) is 1. The summed E-state index contributed by atoms with van der Waals surface area (Å²) in [7, 11) is 0. The molecule has 0 atom stereocenters. The SMILES string of the molecule is O=C(O)CCNC(=O)c1c(Cl)cccc1Cl. The molecule has 1 aromatic carbocycles. The molecule has 0 saturated heterocycles. The molecule has 0 aliphatic heterocycles. The van der Waals surface area contributed by atoms with Crippen LogP contribution in [0.2, 0.25) is 10.0 Å². The molecule has 0 saturated carbocycles. The van der Waals surface area contributed by atoms with Gasteiger partial charge >= 0.3 is 5.97 Å². The van der Waals surface area contributed by atoms with E-state index in [0.717, 1.165) is 0 Å². The number of carbonyl (C=O) groups is 2. The molecule has 1 aromatic rings. The Labute approximate surface area is 102 Å². The third-order valence-corrected chi connectivity index (χ3v) is 2.44. The van der Waals surface area contributed by atoms with Crippen molar-refractivity contribution in [3.8, 4) is 0 Å². The molecule has 0 fully saturated rings. The van der Waals surface area contributed by atoms with Crippen LogP contribution in [-0.2, 0) is 4.79 Å². The predicted octanol–water partition coefficient (Wildman–Crippen LogP) is 2.20. The minimum absolute atomic E-state index is 0.0374. The summed E-state index contributed by atoms with van der Waals surface area (Å²) in [4.78, 5) is 21.8. The number of rotatable bonds is 4. The van der Waals surface area contributed by atoms with E-state index in [-0.39, 0.29) is 28.6 Å². The average Bonchev–Trinajstić information content (AvgIpc) is 2.16. The summed E-state index contributed by atoms with van der Waals surface area (Å²) in [6, 6.07) is 4.71. The third kappa shape index (κ3) is 3.40. The zero-order chi connectivity index (χ0) is 12.1. The molecule has 0 aliphatic carbocycles. The average molecular weight is 262 g/mol. The minimum atomic E-state index is -0.981. The Hall–Kier alpha value is -1.26. The lowest BCUT2D eigenvalue weighted by Crippen LogP contribution is -2.26. The minimum Gasteiger partial charge on any atom is -0.481 e. The van der Waals surface area contributed by atoms with E-state index in [1.165, 1.54) is 0 Å². The smallest absolute Gasteiger partial charge is 0.305 e. The van der Waals surface area contributed by atoms with Crippen molar-refractivity contribution in [2.75, 3.05) is 6.54 Å². The summed E-state index contributed by atoms with van der Waals surface area (Å²) in [6.45, 7) is 0.0374. The van der Waals surface area contributed by atoms with Crippen LogP contribution >= 0.6 is 23.2 Å². The lowest BCUT2D eigenvalue weighted by Gasteiger charge is -2.06. The van der Waals surface area contributed by atoms with E-state index in [9.17, 15) is 9.59 Å². The first kappa shape index (κ1) is 12.8. The number of aliphatic carboxylic acids is 1. The van der Waals surface area contributed by atoms with Gasteiger partial charge in [0.25, 0.3) is 5.91 Å². The van der Waals surface area contributed by atoms with Crippen molar-refractivity contribution in [1.29, 1.82) is 0 Å². The number of carbonyl (C=O) groups excluding carboxylic acids is 1. The van der Waals surface area contributed by atoms with Gasteiger partial charge in [-0.3, -0.25) is 9.59 Å². The summed E-state index contributed by atoms with van der Waals surface area (Å²) in [5.74, 6) is -1.46. The maximum Gasteiger partial charge on any atom is 0.305 e. The number of carboxylic acids is 1. The predicted molar refractivity (Wildman–Crippen MR) is 61.0 cm³/mol. The van der Waals surface area contributed by atoms with Gasteiger partial charge in [0.2, 0.25) is 0 Å². The van der Waals surface area contributed by atoms with E-state index in [1.807, 2.05) is 0 Å².